The minimum atomic E-state index is -4.79. The number of ether oxygens (including phenoxy) is 1. The third-order valence-corrected chi connectivity index (χ3v) is 6.35. The Hall–Kier alpha value is -2.59. The zero-order chi connectivity index (χ0) is 23.0. The third kappa shape index (κ3) is 4.47. The van der Waals surface area contributed by atoms with E-state index in [2.05, 4.69) is 14.7 Å². The van der Waals surface area contributed by atoms with Crippen LogP contribution in [0.15, 0.2) is 24.3 Å². The van der Waals surface area contributed by atoms with Crippen molar-refractivity contribution >= 4 is 5.91 Å². The molecule has 0 aliphatic carbocycles. The van der Waals surface area contributed by atoms with E-state index >= 15 is 0 Å². The monoisotopic (exact) mass is 452 g/mol. The molecule has 0 saturated carbocycles. The van der Waals surface area contributed by atoms with Gasteiger partial charge in [0.25, 0.3) is 5.91 Å². The lowest BCUT2D eigenvalue weighted by molar-refractivity contribution is -0.274. The molecule has 174 valence electrons. The Kier molecular flexibility index (Phi) is 6.17. The summed E-state index contributed by atoms with van der Waals surface area (Å²) in [5.74, 6) is -0.474. The van der Waals surface area contributed by atoms with E-state index in [-0.39, 0.29) is 30.3 Å². The van der Waals surface area contributed by atoms with E-state index < -0.39 is 6.36 Å². The first-order valence-electron chi connectivity index (χ1n) is 10.8. The van der Waals surface area contributed by atoms with E-state index in [1.165, 1.54) is 22.9 Å². The van der Waals surface area contributed by atoms with Crippen molar-refractivity contribution in [2.24, 2.45) is 0 Å². The molecule has 2 aromatic rings. The van der Waals surface area contributed by atoms with Crippen LogP contribution in [0.25, 0.3) is 5.69 Å². The van der Waals surface area contributed by atoms with Gasteiger partial charge in [-0.05, 0) is 51.8 Å². The van der Waals surface area contributed by atoms with Crippen LogP contribution >= 0.6 is 0 Å². The summed E-state index contributed by atoms with van der Waals surface area (Å²) < 4.78 is 43.2. The normalized spacial score (nSPS) is 22.0. The summed E-state index contributed by atoms with van der Waals surface area (Å²) in [5.41, 5.74) is 1.93. The molecule has 2 fully saturated rings. The van der Waals surface area contributed by atoms with Crippen LogP contribution < -0.4 is 4.74 Å². The molecule has 2 saturated heterocycles. The van der Waals surface area contributed by atoms with Crippen LogP contribution in [0.2, 0.25) is 0 Å². The van der Waals surface area contributed by atoms with Gasteiger partial charge < -0.3 is 14.7 Å². The Morgan fingerprint density at radius 3 is 2.75 bits per heavy atom. The highest BCUT2D eigenvalue weighted by Crippen LogP contribution is 2.29. The molecule has 2 atom stereocenters. The molecule has 2 aliphatic rings. The first-order valence-corrected chi connectivity index (χ1v) is 10.8. The average molecular weight is 452 g/mol. The topological polar surface area (TPSA) is 70.8 Å². The van der Waals surface area contributed by atoms with Crippen molar-refractivity contribution in [3.8, 4) is 11.4 Å². The van der Waals surface area contributed by atoms with Crippen LogP contribution in [0.1, 0.15) is 41.0 Å². The summed E-state index contributed by atoms with van der Waals surface area (Å²) in [5, 5.41) is 14.0. The number of aryl methyl sites for hydroxylation is 1. The van der Waals surface area contributed by atoms with Gasteiger partial charge in [0.1, 0.15) is 5.75 Å². The molecule has 32 heavy (non-hydrogen) atoms. The Morgan fingerprint density at radius 1 is 1.25 bits per heavy atom. The molecule has 1 aromatic carbocycles. The second-order valence-corrected chi connectivity index (χ2v) is 8.41. The summed E-state index contributed by atoms with van der Waals surface area (Å²) >= 11 is 0. The van der Waals surface area contributed by atoms with Crippen LogP contribution in [0.5, 0.6) is 5.75 Å². The van der Waals surface area contributed by atoms with Crippen LogP contribution in [-0.2, 0) is 0 Å². The minimum absolute atomic E-state index is 0.129. The molecule has 0 radical (unpaired) electrons. The number of amides is 1. The standard InChI is InChI=1S/C22H27F3N4O3/c1-14-20(21(31)27-10-8-17(12-27)28-9-4-6-18(28)13-30)15(2)29(26-14)16-5-3-7-19(11-16)32-22(23,24)25/h3,5,7,11,17-18,30H,4,6,8-10,12-13H2,1-2H3/t17-,18-/m0/s1. The second-order valence-electron chi connectivity index (χ2n) is 8.41. The molecule has 2 aliphatic heterocycles. The van der Waals surface area contributed by atoms with E-state index in [4.69, 9.17) is 0 Å². The van der Waals surface area contributed by atoms with E-state index in [1.54, 1.807) is 19.9 Å². The predicted molar refractivity (Wildman–Crippen MR) is 111 cm³/mol. The lowest BCUT2D eigenvalue weighted by Gasteiger charge is -2.29. The smallest absolute Gasteiger partial charge is 0.406 e. The Labute approximate surface area is 184 Å². The highest BCUT2D eigenvalue weighted by Gasteiger charge is 2.37. The summed E-state index contributed by atoms with van der Waals surface area (Å²) in [4.78, 5) is 17.4. The molecule has 0 unspecified atom stereocenters. The minimum Gasteiger partial charge on any atom is -0.406 e. The Balaban J connectivity index is 1.54. The summed E-state index contributed by atoms with van der Waals surface area (Å²) in [6.45, 7) is 5.74. The highest BCUT2D eigenvalue weighted by atomic mass is 19.4. The quantitative estimate of drug-likeness (QED) is 0.755. The number of aliphatic hydroxyl groups excluding tert-OH is 1. The summed E-state index contributed by atoms with van der Waals surface area (Å²) in [7, 11) is 0. The lowest BCUT2D eigenvalue weighted by atomic mass is 10.1. The number of alkyl halides is 3. The van der Waals surface area contributed by atoms with Crippen LogP contribution in [0, 0.1) is 13.8 Å². The maximum absolute atomic E-state index is 13.3. The Morgan fingerprint density at radius 2 is 2.03 bits per heavy atom. The maximum atomic E-state index is 13.3. The van der Waals surface area contributed by atoms with E-state index in [0.29, 0.717) is 35.7 Å². The molecular weight excluding hydrogens is 425 g/mol. The van der Waals surface area contributed by atoms with Crippen molar-refractivity contribution in [2.75, 3.05) is 26.2 Å². The molecule has 1 amide bonds. The first kappa shape index (κ1) is 22.6. The first-order chi connectivity index (χ1) is 15.2. The molecule has 0 bridgehead atoms. The fraction of sp³-hybridized carbons (Fsp3) is 0.545. The molecule has 7 nitrogen and oxygen atoms in total. The maximum Gasteiger partial charge on any atom is 0.573 e. The lowest BCUT2D eigenvalue weighted by Crippen LogP contribution is -2.43. The van der Waals surface area contributed by atoms with Crippen LogP contribution in [0.4, 0.5) is 13.2 Å². The van der Waals surface area contributed by atoms with Gasteiger partial charge >= 0.3 is 6.36 Å². The SMILES string of the molecule is Cc1nn(-c2cccc(OC(F)(F)F)c2)c(C)c1C(=O)N1CC[C@H](N2CCC[C@H]2CO)C1. The number of aliphatic hydroxyl groups is 1. The number of halogens is 3. The summed E-state index contributed by atoms with van der Waals surface area (Å²) in [6.07, 6.45) is -1.91. The van der Waals surface area contributed by atoms with Crippen molar-refractivity contribution in [1.82, 2.24) is 19.6 Å². The van der Waals surface area contributed by atoms with Gasteiger partial charge in [0.2, 0.25) is 0 Å². The molecular formula is C22H27F3N4O3. The fourth-order valence-electron chi connectivity index (χ4n) is 4.91. The van der Waals surface area contributed by atoms with Gasteiger partial charge in [-0.25, -0.2) is 4.68 Å². The number of aromatic nitrogens is 2. The van der Waals surface area contributed by atoms with Crippen molar-refractivity contribution < 1.29 is 27.8 Å². The number of nitrogens with zero attached hydrogens (tertiary/aromatic N) is 4. The number of carbonyl (C=O) groups excluding carboxylic acids is 1. The molecule has 1 N–H and O–H groups in total. The molecule has 10 heteroatoms. The van der Waals surface area contributed by atoms with Gasteiger partial charge in [0.15, 0.2) is 0 Å². The van der Waals surface area contributed by atoms with Crippen LogP contribution in [-0.4, -0.2) is 75.3 Å². The van der Waals surface area contributed by atoms with Gasteiger partial charge in [-0.15, -0.1) is 13.2 Å². The highest BCUT2D eigenvalue weighted by molar-refractivity contribution is 5.96. The molecule has 0 spiro atoms. The largest absolute Gasteiger partial charge is 0.573 e. The molecule has 3 heterocycles. The van der Waals surface area contributed by atoms with E-state index in [1.807, 2.05) is 4.90 Å². The number of benzene rings is 1. The third-order valence-electron chi connectivity index (χ3n) is 6.35. The summed E-state index contributed by atoms with van der Waals surface area (Å²) in [6, 6.07) is 5.92. The molecule has 4 rings (SSSR count). The number of rotatable bonds is 5. The van der Waals surface area contributed by atoms with Crippen molar-refractivity contribution in [2.45, 2.75) is 51.6 Å². The van der Waals surface area contributed by atoms with Crippen molar-refractivity contribution in [3.63, 3.8) is 0 Å². The van der Waals surface area contributed by atoms with E-state index in [0.717, 1.165) is 25.8 Å². The number of likely N-dealkylation sites (tertiary alicyclic amines) is 2. The van der Waals surface area contributed by atoms with Gasteiger partial charge in [0, 0.05) is 31.2 Å². The molecule has 1 aromatic heterocycles. The Bertz CT molecular complexity index is 991. The zero-order valence-corrected chi connectivity index (χ0v) is 18.1. The zero-order valence-electron chi connectivity index (χ0n) is 18.1. The van der Waals surface area contributed by atoms with E-state index in [9.17, 15) is 23.1 Å². The van der Waals surface area contributed by atoms with Gasteiger partial charge in [-0.2, -0.15) is 5.10 Å². The predicted octanol–water partition coefficient (Wildman–Crippen LogP) is 3.06. The van der Waals surface area contributed by atoms with Crippen LogP contribution in [0.3, 0.4) is 0 Å². The number of hydrogen-bond acceptors (Lipinski definition) is 5. The van der Waals surface area contributed by atoms with Crippen molar-refractivity contribution in [1.29, 1.82) is 0 Å². The fourth-order valence-corrected chi connectivity index (χ4v) is 4.91. The number of carbonyl (C=O) groups is 1. The van der Waals surface area contributed by atoms with Gasteiger partial charge in [-0.1, -0.05) is 6.07 Å². The second kappa shape index (κ2) is 8.74. The van der Waals surface area contributed by atoms with Crippen molar-refractivity contribution in [3.05, 3.63) is 41.2 Å². The average Bonchev–Trinajstić information content (AvgIpc) is 3.44. The number of hydrogen-bond donors (Lipinski definition) is 1. The van der Waals surface area contributed by atoms with Gasteiger partial charge in [0.05, 0.1) is 29.2 Å². The van der Waals surface area contributed by atoms with Gasteiger partial charge in [-0.3, -0.25) is 9.69 Å².